The maximum absolute atomic E-state index is 9.77. The largest absolute Gasteiger partial charge is 0.393 e. The molecule has 1 aromatic rings. The van der Waals surface area contributed by atoms with E-state index in [1.54, 1.807) is 0 Å². The molecule has 1 heterocycles. The lowest BCUT2D eigenvalue weighted by Gasteiger charge is -2.26. The van der Waals surface area contributed by atoms with Crippen molar-refractivity contribution in [2.45, 2.75) is 65.0 Å². The van der Waals surface area contributed by atoms with E-state index in [2.05, 4.69) is 39.6 Å². The van der Waals surface area contributed by atoms with E-state index in [1.807, 2.05) is 0 Å². The highest BCUT2D eigenvalue weighted by atomic mass is 79.9. The van der Waals surface area contributed by atoms with Crippen molar-refractivity contribution >= 4 is 15.9 Å². The van der Waals surface area contributed by atoms with Gasteiger partial charge in [-0.25, -0.2) is 0 Å². The first-order valence-corrected chi connectivity index (χ1v) is 7.87. The molecule has 1 aromatic heterocycles. The number of hydrogen-bond acceptors (Lipinski definition) is 2. The number of hydrogen-bond donors (Lipinski definition) is 1. The van der Waals surface area contributed by atoms with Crippen molar-refractivity contribution in [3.05, 3.63) is 15.9 Å². The summed E-state index contributed by atoms with van der Waals surface area (Å²) in [6.45, 7) is 5.20. The van der Waals surface area contributed by atoms with Gasteiger partial charge in [-0.05, 0) is 60.9 Å². The fourth-order valence-corrected chi connectivity index (χ4v) is 3.66. The molecule has 4 heteroatoms. The SMILES string of the molecule is CCc1nn(CC)c(CC2CCCC(O)C2)c1Br. The summed E-state index contributed by atoms with van der Waals surface area (Å²) >= 11 is 3.70. The van der Waals surface area contributed by atoms with Gasteiger partial charge in [-0.1, -0.05) is 13.3 Å². The standard InChI is InChI=1S/C14H23BrN2O/c1-3-12-14(15)13(17(4-2)16-12)9-10-6-5-7-11(18)8-10/h10-11,18H,3-9H2,1-2H3. The molecule has 1 fully saturated rings. The molecule has 3 nitrogen and oxygen atoms in total. The first kappa shape index (κ1) is 14.1. The average Bonchev–Trinajstić information content (AvgIpc) is 2.66. The highest BCUT2D eigenvalue weighted by molar-refractivity contribution is 9.10. The van der Waals surface area contributed by atoms with Crippen LogP contribution in [0.4, 0.5) is 0 Å². The molecule has 0 aliphatic heterocycles. The van der Waals surface area contributed by atoms with E-state index in [-0.39, 0.29) is 6.10 Å². The summed E-state index contributed by atoms with van der Waals surface area (Å²) in [5, 5.41) is 14.4. The van der Waals surface area contributed by atoms with Gasteiger partial charge in [0, 0.05) is 6.54 Å². The third-order valence-corrected chi connectivity index (χ3v) is 4.85. The lowest BCUT2D eigenvalue weighted by molar-refractivity contribution is 0.100. The molecule has 0 amide bonds. The summed E-state index contributed by atoms with van der Waals surface area (Å²) in [7, 11) is 0. The quantitative estimate of drug-likeness (QED) is 0.925. The highest BCUT2D eigenvalue weighted by Crippen LogP contribution is 2.31. The Hall–Kier alpha value is -0.350. The van der Waals surface area contributed by atoms with Crippen LogP contribution in [0.3, 0.4) is 0 Å². The minimum Gasteiger partial charge on any atom is -0.393 e. The lowest BCUT2D eigenvalue weighted by Crippen LogP contribution is -2.22. The van der Waals surface area contributed by atoms with Crippen LogP contribution in [-0.2, 0) is 19.4 Å². The molecule has 2 rings (SSSR count). The second-order valence-electron chi connectivity index (χ2n) is 5.27. The summed E-state index contributed by atoms with van der Waals surface area (Å²) in [6.07, 6.45) is 6.23. The second kappa shape index (κ2) is 6.20. The van der Waals surface area contributed by atoms with Crippen molar-refractivity contribution in [3.8, 4) is 0 Å². The van der Waals surface area contributed by atoms with Gasteiger partial charge in [0.1, 0.15) is 0 Å². The molecule has 1 aliphatic carbocycles. The van der Waals surface area contributed by atoms with Crippen LogP contribution in [0.1, 0.15) is 50.9 Å². The Morgan fingerprint density at radius 1 is 1.39 bits per heavy atom. The molecule has 1 saturated carbocycles. The van der Waals surface area contributed by atoms with E-state index in [4.69, 9.17) is 0 Å². The molecule has 0 saturated heterocycles. The summed E-state index contributed by atoms with van der Waals surface area (Å²) < 4.78 is 3.30. The number of nitrogens with zero attached hydrogens (tertiary/aromatic N) is 2. The average molecular weight is 315 g/mol. The Labute approximate surface area is 118 Å². The van der Waals surface area contributed by atoms with Gasteiger partial charge in [-0.3, -0.25) is 4.68 Å². The number of rotatable bonds is 4. The molecule has 2 atom stereocenters. The Morgan fingerprint density at radius 3 is 2.78 bits per heavy atom. The van der Waals surface area contributed by atoms with Crippen LogP contribution in [-0.4, -0.2) is 21.0 Å². The number of aliphatic hydroxyl groups excluding tert-OH is 1. The molecule has 1 aliphatic rings. The molecule has 0 radical (unpaired) electrons. The van der Waals surface area contributed by atoms with Gasteiger partial charge in [0.15, 0.2) is 0 Å². The van der Waals surface area contributed by atoms with Crippen LogP contribution in [0, 0.1) is 5.92 Å². The third kappa shape index (κ3) is 2.97. The Bertz CT molecular complexity index is 403. The van der Waals surface area contributed by atoms with E-state index in [1.165, 1.54) is 16.6 Å². The molecule has 1 N–H and O–H groups in total. The maximum atomic E-state index is 9.77. The van der Waals surface area contributed by atoms with Crippen LogP contribution in [0.5, 0.6) is 0 Å². The first-order chi connectivity index (χ1) is 8.65. The molecule has 2 unspecified atom stereocenters. The zero-order chi connectivity index (χ0) is 13.1. The Kier molecular flexibility index (Phi) is 4.84. The molecular weight excluding hydrogens is 292 g/mol. The van der Waals surface area contributed by atoms with Gasteiger partial charge < -0.3 is 5.11 Å². The van der Waals surface area contributed by atoms with Crippen molar-refractivity contribution in [1.29, 1.82) is 0 Å². The van der Waals surface area contributed by atoms with Crippen molar-refractivity contribution in [2.24, 2.45) is 5.92 Å². The molecule has 102 valence electrons. The fraction of sp³-hybridized carbons (Fsp3) is 0.786. The van der Waals surface area contributed by atoms with Crippen molar-refractivity contribution in [3.63, 3.8) is 0 Å². The summed E-state index contributed by atoms with van der Waals surface area (Å²) in [5.74, 6) is 0.608. The van der Waals surface area contributed by atoms with Crippen LogP contribution in [0.2, 0.25) is 0 Å². The summed E-state index contributed by atoms with van der Waals surface area (Å²) in [4.78, 5) is 0. The van der Waals surface area contributed by atoms with Gasteiger partial charge in [0.25, 0.3) is 0 Å². The zero-order valence-corrected chi connectivity index (χ0v) is 12.9. The molecule has 18 heavy (non-hydrogen) atoms. The zero-order valence-electron chi connectivity index (χ0n) is 11.3. The smallest absolute Gasteiger partial charge is 0.0766 e. The number of aryl methyl sites for hydroxylation is 2. The van der Waals surface area contributed by atoms with Gasteiger partial charge >= 0.3 is 0 Å². The van der Waals surface area contributed by atoms with E-state index in [0.717, 1.165) is 44.3 Å². The van der Waals surface area contributed by atoms with Gasteiger partial charge in [-0.15, -0.1) is 0 Å². The number of aromatic nitrogens is 2. The normalized spacial score (nSPS) is 24.4. The Morgan fingerprint density at radius 2 is 2.17 bits per heavy atom. The molecule has 0 aromatic carbocycles. The second-order valence-corrected chi connectivity index (χ2v) is 6.06. The van der Waals surface area contributed by atoms with Gasteiger partial charge in [0.2, 0.25) is 0 Å². The predicted molar refractivity (Wildman–Crippen MR) is 76.6 cm³/mol. The van der Waals surface area contributed by atoms with Crippen molar-refractivity contribution in [2.75, 3.05) is 0 Å². The van der Waals surface area contributed by atoms with Gasteiger partial charge in [0.05, 0.1) is 22.0 Å². The summed E-state index contributed by atoms with van der Waals surface area (Å²) in [5.41, 5.74) is 2.47. The van der Waals surface area contributed by atoms with E-state index in [9.17, 15) is 5.11 Å². The molecule has 0 bridgehead atoms. The minimum atomic E-state index is -0.0915. The molecular formula is C14H23BrN2O. The number of aliphatic hydroxyl groups is 1. The van der Waals surface area contributed by atoms with E-state index < -0.39 is 0 Å². The first-order valence-electron chi connectivity index (χ1n) is 7.07. The monoisotopic (exact) mass is 314 g/mol. The maximum Gasteiger partial charge on any atom is 0.0766 e. The summed E-state index contributed by atoms with van der Waals surface area (Å²) in [6, 6.07) is 0. The lowest BCUT2D eigenvalue weighted by atomic mass is 9.84. The number of halogens is 1. The van der Waals surface area contributed by atoms with Crippen LogP contribution in [0.25, 0.3) is 0 Å². The van der Waals surface area contributed by atoms with Crippen LogP contribution >= 0.6 is 15.9 Å². The van der Waals surface area contributed by atoms with E-state index >= 15 is 0 Å². The topological polar surface area (TPSA) is 38.0 Å². The minimum absolute atomic E-state index is 0.0915. The fourth-order valence-electron chi connectivity index (χ4n) is 2.93. The highest BCUT2D eigenvalue weighted by Gasteiger charge is 2.23. The van der Waals surface area contributed by atoms with Gasteiger partial charge in [-0.2, -0.15) is 5.10 Å². The Balaban J connectivity index is 2.14. The molecule has 0 spiro atoms. The third-order valence-electron chi connectivity index (χ3n) is 3.93. The van der Waals surface area contributed by atoms with Crippen molar-refractivity contribution < 1.29 is 5.11 Å². The predicted octanol–water partition coefficient (Wildman–Crippen LogP) is 3.32. The van der Waals surface area contributed by atoms with Crippen LogP contribution in [0.15, 0.2) is 4.47 Å². The van der Waals surface area contributed by atoms with Crippen LogP contribution < -0.4 is 0 Å². The van der Waals surface area contributed by atoms with Crippen molar-refractivity contribution in [1.82, 2.24) is 9.78 Å². The van der Waals surface area contributed by atoms with E-state index in [0.29, 0.717) is 5.92 Å².